The van der Waals surface area contributed by atoms with Crippen LogP contribution >= 0.6 is 11.3 Å². The fourth-order valence-corrected chi connectivity index (χ4v) is 4.37. The van der Waals surface area contributed by atoms with E-state index in [9.17, 15) is 9.59 Å². The first-order chi connectivity index (χ1) is 14.6. The molecule has 1 amide bonds. The van der Waals surface area contributed by atoms with Gasteiger partial charge in [0, 0.05) is 29.8 Å². The average molecular weight is 416 g/mol. The minimum atomic E-state index is -0.437. The number of rotatable bonds is 5. The van der Waals surface area contributed by atoms with E-state index in [1.54, 1.807) is 13.0 Å². The van der Waals surface area contributed by atoms with Crippen molar-refractivity contribution in [1.29, 1.82) is 0 Å². The lowest BCUT2D eigenvalue weighted by Crippen LogP contribution is -2.26. The number of fused-ring (bicyclic) bond motifs is 3. The molecular weight excluding hydrogens is 394 g/mol. The van der Waals surface area contributed by atoms with Gasteiger partial charge < -0.3 is 10.1 Å². The van der Waals surface area contributed by atoms with E-state index in [0.717, 1.165) is 5.56 Å². The number of benzene rings is 2. The Morgan fingerprint density at radius 1 is 1.07 bits per heavy atom. The van der Waals surface area contributed by atoms with Crippen LogP contribution in [0.3, 0.4) is 0 Å². The third-order valence-corrected chi connectivity index (χ3v) is 6.07. The highest BCUT2D eigenvalue weighted by Crippen LogP contribution is 2.44. The number of carbonyl (C=O) groups excluding carboxylic acids is 2. The van der Waals surface area contributed by atoms with E-state index in [-0.39, 0.29) is 11.7 Å². The summed E-state index contributed by atoms with van der Waals surface area (Å²) in [6.07, 6.45) is 0.0724. The van der Waals surface area contributed by atoms with Crippen LogP contribution in [-0.2, 0) is 4.74 Å². The number of thiophene rings is 1. The zero-order chi connectivity index (χ0) is 20.9. The number of amides is 1. The fourth-order valence-electron chi connectivity index (χ4n) is 3.63. The third kappa shape index (κ3) is 4.29. The van der Waals surface area contributed by atoms with E-state index in [0.29, 0.717) is 24.4 Å². The van der Waals surface area contributed by atoms with Gasteiger partial charge in [-0.3, -0.25) is 4.79 Å². The molecule has 4 rings (SSSR count). The molecule has 0 atom stereocenters. The van der Waals surface area contributed by atoms with Crippen molar-refractivity contribution in [3.63, 3.8) is 0 Å². The molecule has 1 heterocycles. The Morgan fingerprint density at radius 3 is 2.37 bits per heavy atom. The van der Waals surface area contributed by atoms with Crippen molar-refractivity contribution in [2.45, 2.75) is 19.3 Å². The number of hydrogen-bond donors (Lipinski definition) is 1. The van der Waals surface area contributed by atoms with Gasteiger partial charge in [0.25, 0.3) is 0 Å². The van der Waals surface area contributed by atoms with Crippen molar-refractivity contribution in [3.8, 4) is 23.0 Å². The molecule has 150 valence electrons. The minimum absolute atomic E-state index is 0.0463. The highest BCUT2D eigenvalue weighted by atomic mass is 32.1. The molecule has 3 aromatic rings. The number of nitrogens with one attached hydrogen (secondary N) is 1. The average Bonchev–Trinajstić information content (AvgIpc) is 3.35. The molecule has 0 aliphatic heterocycles. The van der Waals surface area contributed by atoms with Crippen LogP contribution in [0.15, 0.2) is 60.0 Å². The van der Waals surface area contributed by atoms with Gasteiger partial charge in [-0.05, 0) is 35.2 Å². The summed E-state index contributed by atoms with van der Waals surface area (Å²) in [5, 5.41) is 4.61. The highest BCUT2D eigenvalue weighted by Gasteiger charge is 2.28. The van der Waals surface area contributed by atoms with Gasteiger partial charge in [-0.1, -0.05) is 60.4 Å². The zero-order valence-electron chi connectivity index (χ0n) is 16.6. The summed E-state index contributed by atoms with van der Waals surface area (Å²) in [7, 11) is 0. The monoisotopic (exact) mass is 415 g/mol. The molecule has 5 heteroatoms. The predicted molar refractivity (Wildman–Crippen MR) is 119 cm³/mol. The van der Waals surface area contributed by atoms with Crippen LogP contribution in [0.5, 0.6) is 0 Å². The van der Waals surface area contributed by atoms with Gasteiger partial charge in [0.2, 0.25) is 0 Å². The maximum Gasteiger partial charge on any atom is 0.407 e. The molecule has 0 saturated carbocycles. The van der Waals surface area contributed by atoms with Crippen LogP contribution < -0.4 is 5.32 Å². The van der Waals surface area contributed by atoms with Gasteiger partial charge in [0.05, 0.1) is 4.88 Å². The van der Waals surface area contributed by atoms with Crippen LogP contribution in [0.4, 0.5) is 4.79 Å². The predicted octanol–water partition coefficient (Wildman–Crippen LogP) is 5.23. The second-order valence-electron chi connectivity index (χ2n) is 7.06. The van der Waals surface area contributed by atoms with E-state index in [1.807, 2.05) is 29.6 Å². The lowest BCUT2D eigenvalue weighted by atomic mass is 9.98. The number of Topliss-reactive ketones (excluding diaryl/α,β-unsaturated/α-hetero) is 1. The topological polar surface area (TPSA) is 55.4 Å². The Labute approximate surface area is 179 Å². The summed E-state index contributed by atoms with van der Waals surface area (Å²) in [6, 6.07) is 18.3. The summed E-state index contributed by atoms with van der Waals surface area (Å²) < 4.78 is 5.50. The quantitative estimate of drug-likeness (QED) is 0.353. The highest BCUT2D eigenvalue weighted by molar-refractivity contribution is 7.12. The molecule has 0 bridgehead atoms. The molecule has 4 nitrogen and oxygen atoms in total. The van der Waals surface area contributed by atoms with Gasteiger partial charge in [-0.15, -0.1) is 11.3 Å². The maximum absolute atomic E-state index is 12.1. The SMILES string of the molecule is CC(=O)c1cc(C#CCCNC(=O)OCC2c3ccccc3-c3ccccc32)cs1. The van der Waals surface area contributed by atoms with E-state index in [1.165, 1.54) is 33.6 Å². The van der Waals surface area contributed by atoms with Crippen molar-refractivity contribution < 1.29 is 14.3 Å². The summed E-state index contributed by atoms with van der Waals surface area (Å²) >= 11 is 1.39. The Morgan fingerprint density at radius 2 is 1.73 bits per heavy atom. The number of ketones is 1. The van der Waals surface area contributed by atoms with Gasteiger partial charge in [-0.25, -0.2) is 4.79 Å². The second-order valence-corrected chi connectivity index (χ2v) is 7.97. The fraction of sp³-hybridized carbons (Fsp3) is 0.200. The lowest BCUT2D eigenvalue weighted by molar-refractivity contribution is 0.102. The van der Waals surface area contributed by atoms with Crippen LogP contribution in [0.2, 0.25) is 0 Å². The lowest BCUT2D eigenvalue weighted by Gasteiger charge is -2.14. The van der Waals surface area contributed by atoms with Crippen molar-refractivity contribution in [3.05, 3.63) is 81.5 Å². The van der Waals surface area contributed by atoms with E-state index in [4.69, 9.17) is 4.74 Å². The first-order valence-corrected chi connectivity index (χ1v) is 10.7. The molecule has 1 N–H and O–H groups in total. The zero-order valence-corrected chi connectivity index (χ0v) is 17.4. The standard InChI is InChI=1S/C25H21NO3S/c1-17(27)24-14-18(16-30-24)8-6-7-13-26-25(28)29-15-23-21-11-4-2-9-19(21)20-10-3-5-12-22(20)23/h2-5,9-12,14,16,23H,7,13,15H2,1H3,(H,26,28). The summed E-state index contributed by atoms with van der Waals surface area (Å²) in [5.41, 5.74) is 5.62. The van der Waals surface area contributed by atoms with E-state index < -0.39 is 6.09 Å². The molecule has 1 aromatic heterocycles. The maximum atomic E-state index is 12.1. The molecular formula is C25H21NO3S. The van der Waals surface area contributed by atoms with Gasteiger partial charge in [0.15, 0.2) is 5.78 Å². The van der Waals surface area contributed by atoms with E-state index >= 15 is 0 Å². The van der Waals surface area contributed by atoms with Crippen LogP contribution in [0.1, 0.15) is 45.6 Å². The van der Waals surface area contributed by atoms with Crippen molar-refractivity contribution in [2.75, 3.05) is 13.2 Å². The Kier molecular flexibility index (Phi) is 5.97. The van der Waals surface area contributed by atoms with Gasteiger partial charge in [-0.2, -0.15) is 0 Å². The Bertz CT molecular complexity index is 1110. The molecule has 0 fully saturated rings. The Hall–Kier alpha value is -3.36. The first-order valence-electron chi connectivity index (χ1n) is 9.80. The third-order valence-electron chi connectivity index (χ3n) is 5.04. The van der Waals surface area contributed by atoms with Crippen LogP contribution in [0, 0.1) is 11.8 Å². The van der Waals surface area contributed by atoms with Crippen LogP contribution in [0.25, 0.3) is 11.1 Å². The molecule has 0 spiro atoms. The van der Waals surface area contributed by atoms with Crippen LogP contribution in [-0.4, -0.2) is 25.0 Å². The number of alkyl carbamates (subject to hydrolysis) is 1. The van der Waals surface area contributed by atoms with E-state index in [2.05, 4.69) is 41.4 Å². The second kappa shape index (κ2) is 8.98. The molecule has 0 radical (unpaired) electrons. The van der Waals surface area contributed by atoms with Gasteiger partial charge in [0.1, 0.15) is 6.61 Å². The molecule has 30 heavy (non-hydrogen) atoms. The molecule has 0 unspecified atom stereocenters. The summed E-state index contributed by atoms with van der Waals surface area (Å²) in [6.45, 7) is 2.25. The number of ether oxygens (including phenoxy) is 1. The molecule has 2 aromatic carbocycles. The summed E-state index contributed by atoms with van der Waals surface area (Å²) in [4.78, 5) is 24.1. The Balaban J connectivity index is 1.28. The van der Waals surface area contributed by atoms with Crippen molar-refractivity contribution >= 4 is 23.2 Å². The largest absolute Gasteiger partial charge is 0.449 e. The molecule has 1 aliphatic carbocycles. The summed E-state index contributed by atoms with van der Waals surface area (Å²) in [5.74, 6) is 6.12. The smallest absolute Gasteiger partial charge is 0.407 e. The first kappa shape index (κ1) is 19.9. The number of hydrogen-bond acceptors (Lipinski definition) is 4. The van der Waals surface area contributed by atoms with Gasteiger partial charge >= 0.3 is 6.09 Å². The number of carbonyl (C=O) groups is 2. The molecule has 1 aliphatic rings. The normalized spacial score (nSPS) is 11.8. The molecule has 0 saturated heterocycles. The van der Waals surface area contributed by atoms with Crippen molar-refractivity contribution in [2.24, 2.45) is 0 Å². The van der Waals surface area contributed by atoms with Crippen molar-refractivity contribution in [1.82, 2.24) is 5.32 Å². The minimum Gasteiger partial charge on any atom is -0.449 e.